The highest BCUT2D eigenvalue weighted by Gasteiger charge is 2.15. The van der Waals surface area contributed by atoms with Gasteiger partial charge in [0.05, 0.1) is 23.5 Å². The zero-order chi connectivity index (χ0) is 18.6. The lowest BCUT2D eigenvalue weighted by Crippen LogP contribution is -2.14. The Labute approximate surface area is 151 Å². The largest absolute Gasteiger partial charge is 0.497 e. The topological polar surface area (TPSA) is 79.9 Å². The zero-order valence-electron chi connectivity index (χ0n) is 14.6. The molecule has 0 radical (unpaired) electrons. The Balaban J connectivity index is 2.34. The second-order valence-corrected chi connectivity index (χ2v) is 5.78. The number of rotatable bonds is 5. The van der Waals surface area contributed by atoms with Gasteiger partial charge < -0.3 is 10.1 Å². The highest BCUT2D eigenvalue weighted by atomic mass is 35.5. The Kier molecular flexibility index (Phi) is 5.84. The summed E-state index contributed by atoms with van der Waals surface area (Å²) in [5, 5.41) is 16.8. The van der Waals surface area contributed by atoms with Crippen molar-refractivity contribution in [1.82, 2.24) is 9.78 Å². The molecule has 1 amide bonds. The highest BCUT2D eigenvalue weighted by Crippen LogP contribution is 2.27. The molecular weight excluding hydrogens is 340 g/mol. The van der Waals surface area contributed by atoms with Crippen LogP contribution < -0.4 is 10.1 Å². The molecule has 2 aromatic rings. The molecule has 2 rings (SSSR count). The average Bonchev–Trinajstić information content (AvgIpc) is 2.88. The van der Waals surface area contributed by atoms with Gasteiger partial charge in [-0.15, -0.1) is 0 Å². The van der Waals surface area contributed by atoms with E-state index < -0.39 is 5.91 Å². The number of amides is 1. The van der Waals surface area contributed by atoms with Gasteiger partial charge in [0.2, 0.25) is 0 Å². The summed E-state index contributed by atoms with van der Waals surface area (Å²) in [4.78, 5) is 12.5. The number of methoxy groups -OCH3 is 1. The first-order valence-corrected chi connectivity index (χ1v) is 8.09. The molecule has 0 saturated carbocycles. The minimum absolute atomic E-state index is 0.0271. The van der Waals surface area contributed by atoms with Crippen LogP contribution in [0.4, 0.5) is 5.69 Å². The van der Waals surface area contributed by atoms with E-state index in [9.17, 15) is 10.1 Å². The van der Waals surface area contributed by atoms with Crippen LogP contribution in [0.2, 0.25) is 5.02 Å². The Hall–Kier alpha value is -2.78. The van der Waals surface area contributed by atoms with Crippen LogP contribution in [0.5, 0.6) is 5.75 Å². The molecule has 6 nitrogen and oxygen atoms in total. The van der Waals surface area contributed by atoms with Gasteiger partial charge in [-0.25, -0.2) is 0 Å². The maximum Gasteiger partial charge on any atom is 0.266 e. The number of nitriles is 1. The number of ether oxygens (including phenoxy) is 1. The van der Waals surface area contributed by atoms with Crippen LogP contribution in [-0.2, 0) is 11.3 Å². The van der Waals surface area contributed by atoms with Crippen LogP contribution in [0.3, 0.4) is 0 Å². The molecule has 0 spiro atoms. The number of aryl methyl sites for hydroxylation is 2. The fraction of sp³-hybridized carbons (Fsp3) is 0.278. The van der Waals surface area contributed by atoms with Crippen molar-refractivity contribution in [2.45, 2.75) is 27.3 Å². The van der Waals surface area contributed by atoms with Crippen LogP contribution >= 0.6 is 11.6 Å². The maximum atomic E-state index is 12.5. The van der Waals surface area contributed by atoms with E-state index >= 15 is 0 Å². The highest BCUT2D eigenvalue weighted by molar-refractivity contribution is 6.34. The predicted octanol–water partition coefficient (Wildman–Crippen LogP) is 3.73. The van der Waals surface area contributed by atoms with Crippen LogP contribution in [0.1, 0.15) is 23.9 Å². The number of anilines is 1. The number of halogens is 1. The van der Waals surface area contributed by atoms with Crippen LogP contribution in [0.25, 0.3) is 6.08 Å². The minimum atomic E-state index is -0.541. The van der Waals surface area contributed by atoms with Crippen molar-refractivity contribution in [3.63, 3.8) is 0 Å². The summed E-state index contributed by atoms with van der Waals surface area (Å²) < 4.78 is 6.95. The molecule has 0 unspecified atom stereocenters. The molecule has 0 saturated heterocycles. The van der Waals surface area contributed by atoms with E-state index in [-0.39, 0.29) is 5.57 Å². The van der Waals surface area contributed by atoms with Crippen LogP contribution in [-0.4, -0.2) is 22.8 Å². The molecular formula is C18H19ClN4O2. The summed E-state index contributed by atoms with van der Waals surface area (Å²) in [6.45, 7) is 6.45. The molecule has 0 bridgehead atoms. The predicted molar refractivity (Wildman–Crippen MR) is 97.6 cm³/mol. The second-order valence-electron chi connectivity index (χ2n) is 5.37. The lowest BCUT2D eigenvalue weighted by Gasteiger charge is -2.08. The number of carbonyl (C=O) groups is 1. The smallest absolute Gasteiger partial charge is 0.266 e. The molecule has 0 fully saturated rings. The number of hydrogen-bond donors (Lipinski definition) is 1. The summed E-state index contributed by atoms with van der Waals surface area (Å²) in [5.74, 6) is 0.0128. The molecule has 1 N–H and O–H groups in total. The van der Waals surface area contributed by atoms with Crippen molar-refractivity contribution in [2.24, 2.45) is 0 Å². The van der Waals surface area contributed by atoms with E-state index in [0.29, 0.717) is 23.0 Å². The Bertz CT molecular complexity index is 878. The third-order valence-corrected chi connectivity index (χ3v) is 4.14. The first-order chi connectivity index (χ1) is 11.9. The van der Waals surface area contributed by atoms with E-state index in [1.54, 1.807) is 24.3 Å². The van der Waals surface area contributed by atoms with Crippen molar-refractivity contribution < 1.29 is 9.53 Å². The van der Waals surface area contributed by atoms with Crippen molar-refractivity contribution in [3.8, 4) is 11.8 Å². The molecule has 7 heteroatoms. The van der Waals surface area contributed by atoms with Gasteiger partial charge in [-0.3, -0.25) is 9.48 Å². The van der Waals surface area contributed by atoms with E-state index in [0.717, 1.165) is 17.0 Å². The van der Waals surface area contributed by atoms with E-state index in [4.69, 9.17) is 16.3 Å². The fourth-order valence-electron chi connectivity index (χ4n) is 2.44. The van der Waals surface area contributed by atoms with Gasteiger partial charge in [-0.2, -0.15) is 10.4 Å². The molecule has 1 aromatic carbocycles. The van der Waals surface area contributed by atoms with Crippen LogP contribution in [0, 0.1) is 25.2 Å². The Morgan fingerprint density at radius 1 is 1.48 bits per heavy atom. The first kappa shape index (κ1) is 18.6. The van der Waals surface area contributed by atoms with E-state index in [1.807, 2.05) is 31.5 Å². The summed E-state index contributed by atoms with van der Waals surface area (Å²) in [5.41, 5.74) is 2.79. The van der Waals surface area contributed by atoms with Crippen molar-refractivity contribution in [1.29, 1.82) is 5.26 Å². The van der Waals surface area contributed by atoms with Gasteiger partial charge >= 0.3 is 0 Å². The molecule has 1 aromatic heterocycles. The second kappa shape index (κ2) is 7.86. The van der Waals surface area contributed by atoms with Gasteiger partial charge in [0.25, 0.3) is 5.91 Å². The average molecular weight is 359 g/mol. The van der Waals surface area contributed by atoms with Gasteiger partial charge in [0, 0.05) is 23.9 Å². The van der Waals surface area contributed by atoms with Gasteiger partial charge in [0.1, 0.15) is 17.4 Å². The normalized spacial score (nSPS) is 11.1. The summed E-state index contributed by atoms with van der Waals surface area (Å²) >= 11 is 6.09. The van der Waals surface area contributed by atoms with Crippen molar-refractivity contribution in [2.75, 3.05) is 12.4 Å². The third kappa shape index (κ3) is 4.01. The number of benzene rings is 1. The summed E-state index contributed by atoms with van der Waals surface area (Å²) in [6, 6.07) is 6.84. The summed E-state index contributed by atoms with van der Waals surface area (Å²) in [7, 11) is 1.52. The maximum absolute atomic E-state index is 12.5. The van der Waals surface area contributed by atoms with E-state index in [1.165, 1.54) is 7.11 Å². The number of nitrogens with one attached hydrogen (secondary N) is 1. The lowest BCUT2D eigenvalue weighted by atomic mass is 10.1. The number of aromatic nitrogens is 2. The third-order valence-electron chi connectivity index (χ3n) is 3.81. The first-order valence-electron chi connectivity index (χ1n) is 7.72. The molecule has 0 aliphatic carbocycles. The molecule has 0 aliphatic heterocycles. The fourth-order valence-corrected chi connectivity index (χ4v) is 2.60. The number of nitrogens with zero attached hydrogens (tertiary/aromatic N) is 3. The van der Waals surface area contributed by atoms with Crippen molar-refractivity contribution >= 4 is 29.3 Å². The minimum Gasteiger partial charge on any atom is -0.497 e. The SMILES string of the molecule is CCn1nc(C)c(C=C(C#N)C(=O)Nc2cc(OC)ccc2Cl)c1C. The molecule has 130 valence electrons. The van der Waals surface area contributed by atoms with Crippen molar-refractivity contribution in [3.05, 3.63) is 45.7 Å². The van der Waals surface area contributed by atoms with Gasteiger partial charge in [0.15, 0.2) is 0 Å². The van der Waals surface area contributed by atoms with E-state index in [2.05, 4.69) is 10.4 Å². The molecule has 25 heavy (non-hydrogen) atoms. The lowest BCUT2D eigenvalue weighted by molar-refractivity contribution is -0.112. The van der Waals surface area contributed by atoms with Gasteiger partial charge in [-0.1, -0.05) is 11.6 Å². The molecule has 0 atom stereocenters. The van der Waals surface area contributed by atoms with Crippen LogP contribution in [0.15, 0.2) is 23.8 Å². The van der Waals surface area contributed by atoms with Gasteiger partial charge in [-0.05, 0) is 39.0 Å². The number of hydrogen-bond acceptors (Lipinski definition) is 4. The Morgan fingerprint density at radius 2 is 2.20 bits per heavy atom. The molecule has 1 heterocycles. The number of carbonyl (C=O) groups excluding carboxylic acids is 1. The monoisotopic (exact) mass is 358 g/mol. The Morgan fingerprint density at radius 3 is 2.76 bits per heavy atom. The quantitative estimate of drug-likeness (QED) is 0.652. The zero-order valence-corrected chi connectivity index (χ0v) is 15.3. The molecule has 0 aliphatic rings. The standard InChI is InChI=1S/C18H19ClN4O2/c1-5-23-12(3)15(11(2)22-23)8-13(10-20)18(24)21-17-9-14(25-4)6-7-16(17)19/h6-9H,5H2,1-4H3,(H,21,24). The summed E-state index contributed by atoms with van der Waals surface area (Å²) in [6.07, 6.45) is 1.55.